The van der Waals surface area contributed by atoms with E-state index in [1.54, 1.807) is 13.3 Å². The zero-order valence-electron chi connectivity index (χ0n) is 26.1. The van der Waals surface area contributed by atoms with Gasteiger partial charge >= 0.3 is 5.97 Å². The van der Waals surface area contributed by atoms with Crippen LogP contribution < -0.4 is 9.47 Å². The molecule has 1 aliphatic carbocycles. The molecule has 1 fully saturated rings. The highest BCUT2D eigenvalue weighted by atomic mass is 16.5. The lowest BCUT2D eigenvalue weighted by Gasteiger charge is -2.32. The molecule has 43 heavy (non-hydrogen) atoms. The lowest BCUT2D eigenvalue weighted by Crippen LogP contribution is -2.36. The number of ether oxygens (including phenoxy) is 2. The summed E-state index contributed by atoms with van der Waals surface area (Å²) in [6.07, 6.45) is 5.36. The van der Waals surface area contributed by atoms with Crippen LogP contribution in [0.4, 0.5) is 0 Å². The Bertz CT molecular complexity index is 1510. The minimum absolute atomic E-state index is 0.00222. The van der Waals surface area contributed by atoms with Crippen LogP contribution in [0.25, 0.3) is 11.1 Å². The largest absolute Gasteiger partial charge is 0.485 e. The summed E-state index contributed by atoms with van der Waals surface area (Å²) in [5.41, 5.74) is 6.75. The molecule has 2 heterocycles. The van der Waals surface area contributed by atoms with Crippen LogP contribution in [0.2, 0.25) is 0 Å². The summed E-state index contributed by atoms with van der Waals surface area (Å²) < 4.78 is 12.1. The van der Waals surface area contributed by atoms with Crippen molar-refractivity contribution in [1.82, 2.24) is 9.88 Å². The molecular formula is C36H43N3O4. The van der Waals surface area contributed by atoms with E-state index in [0.717, 1.165) is 65.8 Å². The van der Waals surface area contributed by atoms with Crippen molar-refractivity contribution in [3.8, 4) is 28.8 Å². The number of methoxy groups -OCH3 is 1. The quantitative estimate of drug-likeness (QED) is 0.250. The number of carboxylic acids is 1. The van der Waals surface area contributed by atoms with E-state index in [4.69, 9.17) is 9.47 Å². The topological polar surface area (TPSA) is 95.7 Å². The molecule has 5 rings (SSSR count). The van der Waals surface area contributed by atoms with Crippen LogP contribution in [0, 0.1) is 23.2 Å². The molecule has 226 valence electrons. The Hall–Kier alpha value is -3.89. The maximum atomic E-state index is 11.9. The van der Waals surface area contributed by atoms with Gasteiger partial charge in [-0.05, 0) is 99.1 Å². The Balaban J connectivity index is 1.52. The third-order valence-electron chi connectivity index (χ3n) is 9.16. The van der Waals surface area contributed by atoms with E-state index >= 15 is 0 Å². The molecule has 1 unspecified atom stereocenters. The zero-order chi connectivity index (χ0) is 30.8. The SMILES string of the molecule is COc1cc(-c2ccc(C3CCc4ccc([C@H](C5CC5)[C@H](C)C(=O)O)cc4O3)cc2CN(C(C)C)C(C)C)c(C#N)cn1. The number of benzene rings is 2. The van der Waals surface area contributed by atoms with Crippen LogP contribution in [-0.2, 0) is 17.8 Å². The monoisotopic (exact) mass is 581 g/mol. The van der Waals surface area contributed by atoms with Crippen molar-refractivity contribution in [2.75, 3.05) is 7.11 Å². The predicted molar refractivity (Wildman–Crippen MR) is 167 cm³/mol. The molecule has 1 aliphatic heterocycles. The van der Waals surface area contributed by atoms with Gasteiger partial charge < -0.3 is 14.6 Å². The molecule has 1 aromatic heterocycles. The number of aromatic nitrogens is 1. The number of aryl methyl sites for hydroxylation is 1. The van der Waals surface area contributed by atoms with Crippen molar-refractivity contribution in [3.05, 3.63) is 76.5 Å². The molecule has 0 spiro atoms. The highest BCUT2D eigenvalue weighted by molar-refractivity contribution is 5.74. The molecular weight excluding hydrogens is 538 g/mol. The van der Waals surface area contributed by atoms with Gasteiger partial charge in [-0.15, -0.1) is 0 Å². The van der Waals surface area contributed by atoms with Gasteiger partial charge in [0.1, 0.15) is 17.9 Å². The van der Waals surface area contributed by atoms with Crippen molar-refractivity contribution in [2.45, 2.75) is 91.0 Å². The number of hydrogen-bond acceptors (Lipinski definition) is 6. The first-order valence-electron chi connectivity index (χ1n) is 15.5. The van der Waals surface area contributed by atoms with E-state index in [2.05, 4.69) is 80.0 Å². The summed E-state index contributed by atoms with van der Waals surface area (Å²) in [7, 11) is 1.58. The molecule has 0 saturated heterocycles. The van der Waals surface area contributed by atoms with E-state index in [9.17, 15) is 15.2 Å². The molecule has 7 heteroatoms. The fourth-order valence-electron chi connectivity index (χ4n) is 6.63. The second-order valence-electron chi connectivity index (χ2n) is 12.7. The van der Waals surface area contributed by atoms with E-state index in [0.29, 0.717) is 29.4 Å². The van der Waals surface area contributed by atoms with Crippen LogP contribution >= 0.6 is 0 Å². The molecule has 0 amide bonds. The van der Waals surface area contributed by atoms with E-state index < -0.39 is 11.9 Å². The molecule has 2 aliphatic rings. The molecule has 1 N–H and O–H groups in total. The first kappa shape index (κ1) is 30.6. The van der Waals surface area contributed by atoms with Crippen molar-refractivity contribution in [1.29, 1.82) is 5.26 Å². The van der Waals surface area contributed by atoms with Crippen LogP contribution in [0.1, 0.15) is 93.7 Å². The van der Waals surface area contributed by atoms with Gasteiger partial charge in [0.2, 0.25) is 5.88 Å². The molecule has 0 bridgehead atoms. The first-order valence-corrected chi connectivity index (χ1v) is 15.5. The standard InChI is InChI=1S/C36H43N3O4/c1-21(2)39(22(3)4)20-28-15-26(11-13-30(28)31-17-34(42-6)38-19-29(31)18-37)32-14-12-24-7-10-27(16-33(24)43-32)35(25-8-9-25)23(5)36(40)41/h7,10-11,13,15-17,19,21-23,25,32,35H,8-9,12,14,20H2,1-6H3,(H,40,41)/t23-,32?,35-/m0/s1. The van der Waals surface area contributed by atoms with Gasteiger partial charge in [-0.1, -0.05) is 37.3 Å². The summed E-state index contributed by atoms with van der Waals surface area (Å²) in [6.45, 7) is 11.4. The summed E-state index contributed by atoms with van der Waals surface area (Å²) >= 11 is 0. The molecule has 3 aromatic rings. The van der Waals surface area contributed by atoms with Gasteiger partial charge in [0.25, 0.3) is 0 Å². The minimum atomic E-state index is -0.746. The number of carbonyl (C=O) groups is 1. The molecule has 7 nitrogen and oxygen atoms in total. The first-order chi connectivity index (χ1) is 20.6. The Kier molecular flexibility index (Phi) is 9.08. The molecule has 2 aromatic carbocycles. The van der Waals surface area contributed by atoms with Crippen molar-refractivity contribution in [3.63, 3.8) is 0 Å². The van der Waals surface area contributed by atoms with E-state index in [1.807, 2.05) is 13.0 Å². The second kappa shape index (κ2) is 12.8. The van der Waals surface area contributed by atoms with Crippen LogP contribution in [0.15, 0.2) is 48.7 Å². The smallest absolute Gasteiger partial charge is 0.306 e. The van der Waals surface area contributed by atoms with Gasteiger partial charge in [0, 0.05) is 36.5 Å². The summed E-state index contributed by atoms with van der Waals surface area (Å²) in [5, 5.41) is 19.7. The highest BCUT2D eigenvalue weighted by Crippen LogP contribution is 2.48. The minimum Gasteiger partial charge on any atom is -0.485 e. The van der Waals surface area contributed by atoms with Crippen LogP contribution in [-0.4, -0.2) is 40.2 Å². The normalized spacial score (nSPS) is 17.7. The second-order valence-corrected chi connectivity index (χ2v) is 12.7. The highest BCUT2D eigenvalue weighted by Gasteiger charge is 2.39. The van der Waals surface area contributed by atoms with Crippen molar-refractivity contribution >= 4 is 5.97 Å². The van der Waals surface area contributed by atoms with Gasteiger partial charge in [-0.3, -0.25) is 9.69 Å². The fourth-order valence-corrected chi connectivity index (χ4v) is 6.63. The summed E-state index contributed by atoms with van der Waals surface area (Å²) in [5.74, 6) is 0.577. The number of nitriles is 1. The predicted octanol–water partition coefficient (Wildman–Crippen LogP) is 7.53. The van der Waals surface area contributed by atoms with Crippen molar-refractivity contribution in [2.24, 2.45) is 11.8 Å². The van der Waals surface area contributed by atoms with Gasteiger partial charge in [-0.25, -0.2) is 4.98 Å². The number of rotatable bonds is 11. The average Bonchev–Trinajstić information content (AvgIpc) is 3.84. The lowest BCUT2D eigenvalue weighted by molar-refractivity contribution is -0.142. The number of hydrogen-bond donors (Lipinski definition) is 1. The Morgan fingerprint density at radius 3 is 2.44 bits per heavy atom. The van der Waals surface area contributed by atoms with Gasteiger partial charge in [0.05, 0.1) is 18.6 Å². The van der Waals surface area contributed by atoms with E-state index in [-0.39, 0.29) is 12.0 Å². The maximum Gasteiger partial charge on any atom is 0.306 e. The lowest BCUT2D eigenvalue weighted by atomic mass is 9.82. The maximum absolute atomic E-state index is 11.9. The number of aliphatic carboxylic acids is 1. The fraction of sp³-hybridized carbons (Fsp3) is 0.472. The molecule has 3 atom stereocenters. The number of carboxylic acid groups (broad SMARTS) is 1. The Morgan fingerprint density at radius 2 is 1.81 bits per heavy atom. The number of pyridine rings is 1. The van der Waals surface area contributed by atoms with Crippen LogP contribution in [0.3, 0.4) is 0 Å². The average molecular weight is 582 g/mol. The van der Waals surface area contributed by atoms with Crippen LogP contribution in [0.5, 0.6) is 11.6 Å². The molecule has 1 saturated carbocycles. The Morgan fingerprint density at radius 1 is 1.07 bits per heavy atom. The third-order valence-corrected chi connectivity index (χ3v) is 9.16. The summed E-state index contributed by atoms with van der Waals surface area (Å²) in [4.78, 5) is 18.6. The van der Waals surface area contributed by atoms with Gasteiger partial charge in [0.15, 0.2) is 0 Å². The number of nitrogens with zero attached hydrogens (tertiary/aromatic N) is 3. The van der Waals surface area contributed by atoms with E-state index in [1.165, 1.54) is 5.56 Å². The van der Waals surface area contributed by atoms with Crippen molar-refractivity contribution < 1.29 is 19.4 Å². The summed E-state index contributed by atoms with van der Waals surface area (Å²) in [6, 6.07) is 17.6. The third kappa shape index (κ3) is 6.55. The Labute approximate surface area is 255 Å². The zero-order valence-corrected chi connectivity index (χ0v) is 26.1. The van der Waals surface area contributed by atoms with Gasteiger partial charge in [-0.2, -0.15) is 5.26 Å². The number of fused-ring (bicyclic) bond motifs is 1. The molecule has 0 radical (unpaired) electrons.